The molecule has 1 heterocycles. The molecule has 3 heteroatoms. The summed E-state index contributed by atoms with van der Waals surface area (Å²) in [5.74, 6) is -0.761. The van der Waals surface area contributed by atoms with Crippen molar-refractivity contribution in [3.05, 3.63) is 77.9 Å². The number of carbonyl (C=O) groups is 2. The van der Waals surface area contributed by atoms with Gasteiger partial charge in [0, 0.05) is 11.6 Å². The van der Waals surface area contributed by atoms with Crippen LogP contribution in [0.15, 0.2) is 66.7 Å². The van der Waals surface area contributed by atoms with Crippen LogP contribution in [0.5, 0.6) is 0 Å². The monoisotopic (exact) mass is 317 g/mol. The van der Waals surface area contributed by atoms with Crippen LogP contribution >= 0.6 is 0 Å². The summed E-state index contributed by atoms with van der Waals surface area (Å²) in [6, 6.07) is 17.6. The summed E-state index contributed by atoms with van der Waals surface area (Å²) < 4.78 is 0. The van der Waals surface area contributed by atoms with Gasteiger partial charge in [-0.3, -0.25) is 9.59 Å². The Morgan fingerprint density at radius 3 is 2.46 bits per heavy atom. The van der Waals surface area contributed by atoms with E-state index in [1.165, 1.54) is 0 Å². The maximum atomic E-state index is 12.8. The SMILES string of the molecule is O=C(/C=C/C1CC1)C1C(=O)Nc2ccccc2C1c1ccccc1. The molecule has 0 radical (unpaired) electrons. The number of benzene rings is 2. The highest BCUT2D eigenvalue weighted by Crippen LogP contribution is 2.41. The number of para-hydroxylation sites is 1. The minimum absolute atomic E-state index is 0.109. The van der Waals surface area contributed by atoms with Gasteiger partial charge in [-0.15, -0.1) is 0 Å². The Balaban J connectivity index is 1.78. The van der Waals surface area contributed by atoms with E-state index >= 15 is 0 Å². The fourth-order valence-electron chi connectivity index (χ4n) is 3.37. The van der Waals surface area contributed by atoms with Crippen LogP contribution in [-0.2, 0) is 9.59 Å². The standard InChI is InChI=1S/C21H19NO2/c23-18(13-12-14-10-11-14)20-19(15-6-2-1-3-7-15)16-8-4-5-9-17(16)22-21(20)24/h1-9,12-14,19-20H,10-11H2,(H,22,24)/b13-12+. The maximum Gasteiger partial charge on any atom is 0.236 e. The Bertz CT molecular complexity index is 806. The summed E-state index contributed by atoms with van der Waals surface area (Å²) in [5, 5.41) is 2.90. The zero-order chi connectivity index (χ0) is 16.5. The number of amides is 1. The van der Waals surface area contributed by atoms with Crippen LogP contribution in [0, 0.1) is 11.8 Å². The minimum Gasteiger partial charge on any atom is -0.325 e. The average molecular weight is 317 g/mol. The van der Waals surface area contributed by atoms with Crippen molar-refractivity contribution in [2.75, 3.05) is 5.32 Å². The fraction of sp³-hybridized carbons (Fsp3) is 0.238. The van der Waals surface area contributed by atoms with Crippen LogP contribution in [0.1, 0.15) is 29.9 Å². The van der Waals surface area contributed by atoms with E-state index in [0.29, 0.717) is 5.92 Å². The number of rotatable bonds is 4. The molecule has 0 spiro atoms. The van der Waals surface area contributed by atoms with Crippen molar-refractivity contribution in [2.24, 2.45) is 11.8 Å². The number of fused-ring (bicyclic) bond motifs is 1. The quantitative estimate of drug-likeness (QED) is 0.686. The first-order chi connectivity index (χ1) is 11.7. The molecule has 1 fully saturated rings. The first-order valence-corrected chi connectivity index (χ1v) is 8.41. The third-order valence-electron chi connectivity index (χ3n) is 4.79. The molecule has 2 atom stereocenters. The molecule has 24 heavy (non-hydrogen) atoms. The predicted molar refractivity (Wildman–Crippen MR) is 93.7 cm³/mol. The second-order valence-corrected chi connectivity index (χ2v) is 6.54. The molecular weight excluding hydrogens is 298 g/mol. The molecule has 2 aromatic carbocycles. The molecule has 1 aliphatic heterocycles. The maximum absolute atomic E-state index is 12.8. The van der Waals surface area contributed by atoms with Gasteiger partial charge in [-0.25, -0.2) is 0 Å². The minimum atomic E-state index is -0.711. The molecule has 2 unspecified atom stereocenters. The number of hydrogen-bond donors (Lipinski definition) is 1. The fourth-order valence-corrected chi connectivity index (χ4v) is 3.37. The molecule has 1 N–H and O–H groups in total. The Kier molecular flexibility index (Phi) is 3.77. The van der Waals surface area contributed by atoms with E-state index in [1.54, 1.807) is 6.08 Å². The first kappa shape index (κ1) is 14.9. The molecule has 0 saturated heterocycles. The topological polar surface area (TPSA) is 46.2 Å². The molecular formula is C21H19NO2. The molecule has 1 aliphatic carbocycles. The summed E-state index contributed by atoms with van der Waals surface area (Å²) in [5.41, 5.74) is 2.80. The van der Waals surface area contributed by atoms with Gasteiger partial charge in [0.15, 0.2) is 5.78 Å². The van der Waals surface area contributed by atoms with Crippen LogP contribution in [-0.4, -0.2) is 11.7 Å². The van der Waals surface area contributed by atoms with Crippen LogP contribution in [0.4, 0.5) is 5.69 Å². The molecule has 4 rings (SSSR count). The van der Waals surface area contributed by atoms with E-state index in [2.05, 4.69) is 5.32 Å². The molecule has 1 amide bonds. The van der Waals surface area contributed by atoms with Crippen molar-refractivity contribution in [3.8, 4) is 0 Å². The van der Waals surface area contributed by atoms with E-state index in [0.717, 1.165) is 29.7 Å². The number of ketones is 1. The van der Waals surface area contributed by atoms with Gasteiger partial charge in [-0.2, -0.15) is 0 Å². The van der Waals surface area contributed by atoms with Crippen LogP contribution in [0.25, 0.3) is 0 Å². The summed E-state index contributed by atoms with van der Waals surface area (Å²) in [7, 11) is 0. The molecule has 1 saturated carbocycles. The lowest BCUT2D eigenvalue weighted by atomic mass is 9.75. The molecule has 2 aromatic rings. The molecule has 2 aliphatic rings. The van der Waals surface area contributed by atoms with E-state index in [9.17, 15) is 9.59 Å². The molecule has 0 bridgehead atoms. The highest BCUT2D eigenvalue weighted by molar-refractivity contribution is 6.14. The molecule has 0 aromatic heterocycles. The van der Waals surface area contributed by atoms with Gasteiger partial charge in [0.1, 0.15) is 5.92 Å². The Labute approximate surface area is 141 Å². The van der Waals surface area contributed by atoms with Crippen molar-refractivity contribution in [2.45, 2.75) is 18.8 Å². The Morgan fingerprint density at radius 1 is 1.00 bits per heavy atom. The third-order valence-corrected chi connectivity index (χ3v) is 4.79. The number of nitrogens with one attached hydrogen (secondary N) is 1. The summed E-state index contributed by atoms with van der Waals surface area (Å²) >= 11 is 0. The second-order valence-electron chi connectivity index (χ2n) is 6.54. The van der Waals surface area contributed by atoms with Gasteiger partial charge >= 0.3 is 0 Å². The zero-order valence-corrected chi connectivity index (χ0v) is 13.3. The second kappa shape index (κ2) is 6.08. The smallest absolute Gasteiger partial charge is 0.236 e. The first-order valence-electron chi connectivity index (χ1n) is 8.41. The van der Waals surface area contributed by atoms with E-state index < -0.39 is 5.92 Å². The van der Waals surface area contributed by atoms with Crippen molar-refractivity contribution < 1.29 is 9.59 Å². The van der Waals surface area contributed by atoms with Crippen molar-refractivity contribution in [3.63, 3.8) is 0 Å². The van der Waals surface area contributed by atoms with Gasteiger partial charge in [0.25, 0.3) is 0 Å². The normalized spacial score (nSPS) is 22.9. The largest absolute Gasteiger partial charge is 0.325 e. The summed E-state index contributed by atoms with van der Waals surface area (Å²) in [4.78, 5) is 25.5. The number of allylic oxidation sites excluding steroid dienone is 2. The van der Waals surface area contributed by atoms with Crippen molar-refractivity contribution in [1.82, 2.24) is 0 Å². The number of anilines is 1. The highest BCUT2D eigenvalue weighted by Gasteiger charge is 2.40. The van der Waals surface area contributed by atoms with Gasteiger partial charge in [0.05, 0.1) is 0 Å². The van der Waals surface area contributed by atoms with Gasteiger partial charge in [-0.1, -0.05) is 54.6 Å². The van der Waals surface area contributed by atoms with Crippen LogP contribution in [0.2, 0.25) is 0 Å². The average Bonchev–Trinajstić information content (AvgIpc) is 3.43. The highest BCUT2D eigenvalue weighted by atomic mass is 16.2. The zero-order valence-electron chi connectivity index (χ0n) is 13.3. The van der Waals surface area contributed by atoms with Gasteiger partial charge < -0.3 is 5.32 Å². The van der Waals surface area contributed by atoms with Gasteiger partial charge in [-0.05, 0) is 42.0 Å². The number of hydrogen-bond acceptors (Lipinski definition) is 2. The Morgan fingerprint density at radius 2 is 1.71 bits per heavy atom. The summed E-state index contributed by atoms with van der Waals surface area (Å²) in [6.07, 6.45) is 5.86. The Hall–Kier alpha value is -2.68. The lowest BCUT2D eigenvalue weighted by Crippen LogP contribution is -2.38. The van der Waals surface area contributed by atoms with Crippen molar-refractivity contribution >= 4 is 17.4 Å². The number of carbonyl (C=O) groups excluding carboxylic acids is 2. The van der Waals surface area contributed by atoms with Gasteiger partial charge in [0.2, 0.25) is 5.91 Å². The van der Waals surface area contributed by atoms with E-state index in [1.807, 2.05) is 60.7 Å². The lowest BCUT2D eigenvalue weighted by Gasteiger charge is -2.32. The van der Waals surface area contributed by atoms with Crippen LogP contribution < -0.4 is 5.32 Å². The predicted octanol–water partition coefficient (Wildman–Crippen LogP) is 3.92. The third kappa shape index (κ3) is 2.78. The van der Waals surface area contributed by atoms with E-state index in [4.69, 9.17) is 0 Å². The van der Waals surface area contributed by atoms with E-state index in [-0.39, 0.29) is 17.6 Å². The van der Waals surface area contributed by atoms with Crippen LogP contribution in [0.3, 0.4) is 0 Å². The molecule has 120 valence electrons. The molecule has 3 nitrogen and oxygen atoms in total. The lowest BCUT2D eigenvalue weighted by molar-refractivity contribution is -0.129. The summed E-state index contributed by atoms with van der Waals surface area (Å²) in [6.45, 7) is 0. The van der Waals surface area contributed by atoms with Crippen molar-refractivity contribution in [1.29, 1.82) is 0 Å².